The number of para-hydroxylation sites is 1. The summed E-state index contributed by atoms with van der Waals surface area (Å²) in [7, 11) is 0. The molecule has 3 aromatic rings. The summed E-state index contributed by atoms with van der Waals surface area (Å²) in [5.74, 6) is -0.262. The summed E-state index contributed by atoms with van der Waals surface area (Å²) in [4.78, 5) is 11.9. The van der Waals surface area contributed by atoms with Gasteiger partial charge in [0, 0.05) is 10.7 Å². The molecular weight excluding hydrogens is 397 g/mol. The molecule has 0 aliphatic heterocycles. The second-order valence-corrected chi connectivity index (χ2v) is 6.88. The molecule has 0 bridgehead atoms. The Kier molecular flexibility index (Phi) is 6.68. The molecule has 0 aliphatic rings. The summed E-state index contributed by atoms with van der Waals surface area (Å²) in [6, 6.07) is 17.0. The van der Waals surface area contributed by atoms with Crippen LogP contribution in [-0.2, 0) is 11.3 Å². The van der Waals surface area contributed by atoms with E-state index in [1.165, 1.54) is 6.21 Å². The highest BCUT2D eigenvalue weighted by Crippen LogP contribution is 2.20. The van der Waals surface area contributed by atoms with E-state index in [0.717, 1.165) is 16.9 Å². The molecule has 1 amide bonds. The fourth-order valence-corrected chi connectivity index (χ4v) is 2.94. The van der Waals surface area contributed by atoms with Crippen LogP contribution in [0.1, 0.15) is 16.8 Å². The number of hydrogen-bond acceptors (Lipinski definition) is 4. The van der Waals surface area contributed by atoms with Crippen LogP contribution >= 0.6 is 23.2 Å². The molecule has 2 N–H and O–H groups in total. The molecule has 0 saturated heterocycles. The minimum absolute atomic E-state index is 0.115. The topological polar surface area (TPSA) is 71.3 Å². The number of aromatic nitrogens is 2. The van der Waals surface area contributed by atoms with E-state index >= 15 is 0 Å². The highest BCUT2D eigenvalue weighted by molar-refractivity contribution is 6.32. The zero-order valence-electron chi connectivity index (χ0n) is 15.2. The molecule has 0 fully saturated rings. The Morgan fingerprint density at radius 3 is 2.57 bits per heavy atom. The van der Waals surface area contributed by atoms with Crippen LogP contribution in [0.15, 0.2) is 59.7 Å². The van der Waals surface area contributed by atoms with E-state index in [4.69, 9.17) is 23.2 Å². The van der Waals surface area contributed by atoms with Crippen molar-refractivity contribution in [3.8, 4) is 0 Å². The van der Waals surface area contributed by atoms with Crippen LogP contribution in [-0.4, -0.2) is 28.4 Å². The maximum absolute atomic E-state index is 11.9. The Morgan fingerprint density at radius 1 is 1.14 bits per heavy atom. The van der Waals surface area contributed by atoms with Gasteiger partial charge in [0.1, 0.15) is 5.15 Å². The predicted octanol–water partition coefficient (Wildman–Crippen LogP) is 4.11. The van der Waals surface area contributed by atoms with Gasteiger partial charge in [-0.1, -0.05) is 53.5 Å². The fourth-order valence-electron chi connectivity index (χ4n) is 2.53. The molecule has 0 aliphatic carbocycles. The molecule has 3 rings (SSSR count). The highest BCUT2D eigenvalue weighted by atomic mass is 35.5. The van der Waals surface area contributed by atoms with E-state index in [-0.39, 0.29) is 12.5 Å². The number of benzene rings is 2. The van der Waals surface area contributed by atoms with E-state index in [0.29, 0.717) is 22.3 Å². The SMILES string of the molecule is Cc1nn(Cc2ccc(Cl)cc2)c(Cl)c1/C=N\NC(=O)CNc1ccccc1. The van der Waals surface area contributed by atoms with Crippen molar-refractivity contribution >= 4 is 41.0 Å². The Bertz CT molecular complexity index is 968. The van der Waals surface area contributed by atoms with Gasteiger partial charge < -0.3 is 5.32 Å². The van der Waals surface area contributed by atoms with Crippen molar-refractivity contribution in [1.29, 1.82) is 0 Å². The Labute approximate surface area is 173 Å². The van der Waals surface area contributed by atoms with Gasteiger partial charge in [0.25, 0.3) is 5.91 Å². The van der Waals surface area contributed by atoms with Crippen LogP contribution in [0.4, 0.5) is 5.69 Å². The van der Waals surface area contributed by atoms with Gasteiger partial charge in [-0.2, -0.15) is 10.2 Å². The first-order valence-corrected chi connectivity index (χ1v) is 9.36. The van der Waals surface area contributed by atoms with Crippen molar-refractivity contribution < 1.29 is 4.79 Å². The normalized spacial score (nSPS) is 11.0. The number of amides is 1. The fraction of sp³-hybridized carbons (Fsp3) is 0.150. The van der Waals surface area contributed by atoms with Gasteiger partial charge in [0.15, 0.2) is 0 Å². The molecule has 1 heterocycles. The van der Waals surface area contributed by atoms with E-state index in [9.17, 15) is 4.79 Å². The number of carbonyl (C=O) groups is 1. The lowest BCUT2D eigenvalue weighted by Crippen LogP contribution is -2.25. The third-order valence-corrected chi connectivity index (χ3v) is 4.62. The highest BCUT2D eigenvalue weighted by Gasteiger charge is 2.12. The first-order chi connectivity index (χ1) is 13.5. The number of carbonyl (C=O) groups excluding carboxylic acids is 1. The molecule has 8 heteroatoms. The third kappa shape index (κ3) is 5.34. The zero-order chi connectivity index (χ0) is 19.9. The molecule has 144 valence electrons. The van der Waals surface area contributed by atoms with Crippen LogP contribution in [0.2, 0.25) is 10.2 Å². The van der Waals surface area contributed by atoms with Gasteiger partial charge >= 0.3 is 0 Å². The first kappa shape index (κ1) is 19.9. The van der Waals surface area contributed by atoms with Crippen LogP contribution in [0.5, 0.6) is 0 Å². The second-order valence-electron chi connectivity index (χ2n) is 6.09. The lowest BCUT2D eigenvalue weighted by Gasteiger charge is -2.04. The molecule has 0 unspecified atom stereocenters. The molecule has 6 nitrogen and oxygen atoms in total. The van der Waals surface area contributed by atoms with Crippen molar-refractivity contribution in [2.45, 2.75) is 13.5 Å². The van der Waals surface area contributed by atoms with Gasteiger partial charge in [-0.15, -0.1) is 0 Å². The van der Waals surface area contributed by atoms with Crippen LogP contribution in [0, 0.1) is 6.92 Å². The first-order valence-electron chi connectivity index (χ1n) is 8.61. The van der Waals surface area contributed by atoms with Crippen LogP contribution in [0.25, 0.3) is 0 Å². The minimum atomic E-state index is -0.262. The molecule has 28 heavy (non-hydrogen) atoms. The summed E-state index contributed by atoms with van der Waals surface area (Å²) in [6.07, 6.45) is 1.50. The Hall–Kier alpha value is -2.83. The smallest absolute Gasteiger partial charge is 0.259 e. The van der Waals surface area contributed by atoms with Gasteiger partial charge in [-0.05, 0) is 36.8 Å². The Morgan fingerprint density at radius 2 is 1.86 bits per heavy atom. The van der Waals surface area contributed by atoms with Gasteiger partial charge in [0.05, 0.1) is 30.6 Å². The number of nitrogens with one attached hydrogen (secondary N) is 2. The predicted molar refractivity (Wildman–Crippen MR) is 113 cm³/mol. The number of halogens is 2. The average molecular weight is 416 g/mol. The van der Waals surface area contributed by atoms with Crippen LogP contribution < -0.4 is 10.7 Å². The van der Waals surface area contributed by atoms with Gasteiger partial charge in [-0.25, -0.2) is 10.1 Å². The maximum Gasteiger partial charge on any atom is 0.259 e. The molecule has 2 aromatic carbocycles. The summed E-state index contributed by atoms with van der Waals surface area (Å²) in [5.41, 5.74) is 5.75. The van der Waals surface area contributed by atoms with Crippen molar-refractivity contribution in [1.82, 2.24) is 15.2 Å². The van der Waals surface area contributed by atoms with Gasteiger partial charge in [0.2, 0.25) is 0 Å². The number of hydrazone groups is 1. The molecule has 0 atom stereocenters. The maximum atomic E-state index is 11.9. The number of nitrogens with zero attached hydrogens (tertiary/aromatic N) is 3. The lowest BCUT2D eigenvalue weighted by atomic mass is 10.2. The van der Waals surface area contributed by atoms with Crippen LogP contribution in [0.3, 0.4) is 0 Å². The zero-order valence-corrected chi connectivity index (χ0v) is 16.7. The van der Waals surface area contributed by atoms with Gasteiger partial charge in [-0.3, -0.25) is 4.79 Å². The summed E-state index contributed by atoms with van der Waals surface area (Å²) in [6.45, 7) is 2.46. The largest absolute Gasteiger partial charge is 0.376 e. The van der Waals surface area contributed by atoms with E-state index in [1.54, 1.807) is 4.68 Å². The Balaban J connectivity index is 1.58. The quantitative estimate of drug-likeness (QED) is 0.450. The summed E-state index contributed by atoms with van der Waals surface area (Å²) in [5, 5.41) is 12.6. The monoisotopic (exact) mass is 415 g/mol. The van der Waals surface area contributed by atoms with E-state index in [2.05, 4.69) is 20.9 Å². The summed E-state index contributed by atoms with van der Waals surface area (Å²) >= 11 is 12.3. The minimum Gasteiger partial charge on any atom is -0.376 e. The number of hydrogen-bond donors (Lipinski definition) is 2. The van der Waals surface area contributed by atoms with Crippen molar-refractivity contribution in [3.05, 3.63) is 81.6 Å². The molecule has 0 radical (unpaired) electrons. The van der Waals surface area contributed by atoms with Crippen molar-refractivity contribution in [2.24, 2.45) is 5.10 Å². The third-order valence-electron chi connectivity index (χ3n) is 3.96. The molecular formula is C20H19Cl2N5O. The van der Waals surface area contributed by atoms with Crippen molar-refractivity contribution in [3.63, 3.8) is 0 Å². The van der Waals surface area contributed by atoms with E-state index < -0.39 is 0 Å². The molecule has 0 spiro atoms. The molecule has 1 aromatic heterocycles. The standard InChI is InChI=1S/C20H19Cl2N5O/c1-14-18(11-24-25-19(28)12-23-17-5-3-2-4-6-17)20(22)27(26-14)13-15-7-9-16(21)10-8-15/h2-11,23H,12-13H2,1H3,(H,25,28)/b24-11-. The number of rotatable bonds is 7. The van der Waals surface area contributed by atoms with E-state index in [1.807, 2.05) is 61.5 Å². The van der Waals surface area contributed by atoms with Crippen molar-refractivity contribution in [2.75, 3.05) is 11.9 Å². The summed E-state index contributed by atoms with van der Waals surface area (Å²) < 4.78 is 1.68. The molecule has 0 saturated carbocycles. The second kappa shape index (κ2) is 9.39. The number of anilines is 1. The average Bonchev–Trinajstić information content (AvgIpc) is 2.96. The number of aryl methyl sites for hydroxylation is 1. The lowest BCUT2D eigenvalue weighted by molar-refractivity contribution is -0.119.